The summed E-state index contributed by atoms with van der Waals surface area (Å²) < 4.78 is 14.8. The van der Waals surface area contributed by atoms with Crippen LogP contribution in [0.25, 0.3) is 0 Å². The molecule has 5 atom stereocenters. The van der Waals surface area contributed by atoms with Crippen molar-refractivity contribution in [2.45, 2.75) is 29.2 Å². The summed E-state index contributed by atoms with van der Waals surface area (Å²) in [4.78, 5) is 14.4. The van der Waals surface area contributed by atoms with Crippen LogP contribution in [0.1, 0.15) is 28.3 Å². The van der Waals surface area contributed by atoms with Crippen molar-refractivity contribution in [3.05, 3.63) is 96.2 Å². The molecule has 3 nitrogen and oxygen atoms in total. The Morgan fingerprint density at radius 1 is 0.931 bits per heavy atom. The van der Waals surface area contributed by atoms with Crippen molar-refractivity contribution in [2.24, 2.45) is 17.8 Å². The number of aromatic nitrogens is 1. The zero-order valence-corrected chi connectivity index (χ0v) is 17.1. The maximum atomic E-state index is 13.7. The average Bonchev–Trinajstić information content (AvgIpc) is 3.49. The Morgan fingerprint density at radius 3 is 2.41 bits per heavy atom. The second kappa shape index (κ2) is 7.27. The highest BCUT2D eigenvalue weighted by Crippen LogP contribution is 2.53. The molecule has 146 valence electrons. The topological polar surface area (TPSA) is 39.1 Å². The molecule has 2 bridgehead atoms. The third-order valence-electron chi connectivity index (χ3n) is 6.30. The average molecular weight is 402 g/mol. The number of allylic oxidation sites excluding steroid dienone is 2. The molecular weight excluding hydrogens is 378 g/mol. The third kappa shape index (κ3) is 3.12. The van der Waals surface area contributed by atoms with Crippen molar-refractivity contribution in [1.82, 2.24) is 4.57 Å². The monoisotopic (exact) mass is 401 g/mol. The molecule has 3 aromatic rings. The van der Waals surface area contributed by atoms with Crippen LogP contribution >= 0.6 is 0 Å². The van der Waals surface area contributed by atoms with E-state index in [1.807, 2.05) is 55.5 Å². The fraction of sp³-hybridized carbons (Fsp3) is 0.240. The first-order valence-electron chi connectivity index (χ1n) is 10.1. The van der Waals surface area contributed by atoms with Gasteiger partial charge in [0.2, 0.25) is 5.91 Å². The van der Waals surface area contributed by atoms with Crippen LogP contribution in [0.3, 0.4) is 0 Å². The third-order valence-corrected chi connectivity index (χ3v) is 7.72. The van der Waals surface area contributed by atoms with Crippen LogP contribution in [0.5, 0.6) is 0 Å². The van der Waals surface area contributed by atoms with E-state index < -0.39 is 10.8 Å². The van der Waals surface area contributed by atoms with E-state index in [1.165, 1.54) is 5.56 Å². The number of hydrogen-bond acceptors (Lipinski definition) is 2. The van der Waals surface area contributed by atoms with E-state index in [1.54, 1.807) is 16.8 Å². The second-order valence-corrected chi connectivity index (χ2v) is 9.47. The molecule has 1 heterocycles. The number of hydrogen-bond donors (Lipinski definition) is 0. The highest BCUT2D eigenvalue weighted by molar-refractivity contribution is 7.85. The lowest BCUT2D eigenvalue weighted by Gasteiger charge is -2.28. The second-order valence-electron chi connectivity index (χ2n) is 8.05. The molecule has 0 aliphatic heterocycles. The minimum absolute atomic E-state index is 0.0520. The first kappa shape index (κ1) is 18.3. The SMILES string of the molecule is Cc1ccc(S(=O)c2cccn2C(=O)[C@H]2[C@H](c3ccccc3)[C@H]3C=C[C@@H]2C3)cc1. The standard InChI is InChI=1S/C25H23NO2S/c1-17-9-13-21(14-10-17)29(28)22-8-5-15-26(22)25(27)24-20-12-11-19(16-20)23(24)18-6-3-2-4-7-18/h2-15,19-20,23-24H,16H2,1H3/t19-,20+,23+,24+,29?/m0/s1. The van der Waals surface area contributed by atoms with Gasteiger partial charge in [-0.25, -0.2) is 4.21 Å². The Hall–Kier alpha value is -2.72. The molecular formula is C25H23NO2S. The van der Waals surface area contributed by atoms with Crippen molar-refractivity contribution in [3.8, 4) is 0 Å². The molecule has 0 N–H and O–H groups in total. The highest BCUT2D eigenvalue weighted by atomic mass is 32.2. The number of carbonyl (C=O) groups is 1. The van der Waals surface area contributed by atoms with Gasteiger partial charge in [0.05, 0.1) is 5.92 Å². The Bertz CT molecular complexity index is 1100. The summed E-state index contributed by atoms with van der Waals surface area (Å²) in [5.41, 5.74) is 2.34. The first-order chi connectivity index (χ1) is 14.1. The zero-order chi connectivity index (χ0) is 20.0. The largest absolute Gasteiger partial charge is 0.279 e. The Balaban J connectivity index is 1.50. The van der Waals surface area contributed by atoms with Gasteiger partial charge in [0.1, 0.15) is 15.8 Å². The molecule has 4 heteroatoms. The smallest absolute Gasteiger partial charge is 0.235 e. The Kier molecular flexibility index (Phi) is 4.59. The minimum atomic E-state index is -1.39. The molecule has 1 fully saturated rings. The summed E-state index contributed by atoms with van der Waals surface area (Å²) in [7, 11) is -1.39. The predicted octanol–water partition coefficient (Wildman–Crippen LogP) is 5.21. The zero-order valence-electron chi connectivity index (χ0n) is 16.3. The number of benzene rings is 2. The number of aryl methyl sites for hydroxylation is 1. The molecule has 5 rings (SSSR count). The lowest BCUT2D eigenvalue weighted by Crippen LogP contribution is -2.31. The number of nitrogens with zero attached hydrogens (tertiary/aromatic N) is 1. The van der Waals surface area contributed by atoms with E-state index in [9.17, 15) is 9.00 Å². The van der Waals surface area contributed by atoms with E-state index in [4.69, 9.17) is 0 Å². The van der Waals surface area contributed by atoms with Crippen molar-refractivity contribution < 1.29 is 9.00 Å². The molecule has 0 spiro atoms. The lowest BCUT2D eigenvalue weighted by molar-refractivity contribution is 0.0788. The van der Waals surface area contributed by atoms with Gasteiger partial charge < -0.3 is 0 Å². The summed E-state index contributed by atoms with van der Waals surface area (Å²) in [6, 6.07) is 21.6. The maximum absolute atomic E-state index is 13.7. The van der Waals surface area contributed by atoms with Crippen LogP contribution in [-0.4, -0.2) is 14.7 Å². The summed E-state index contributed by atoms with van der Waals surface area (Å²) in [5.74, 6) is 0.769. The number of rotatable bonds is 4. The number of fused-ring (bicyclic) bond motifs is 2. The van der Waals surface area contributed by atoms with Gasteiger partial charge in [-0.2, -0.15) is 0 Å². The molecule has 2 aromatic carbocycles. The molecule has 29 heavy (non-hydrogen) atoms. The van der Waals surface area contributed by atoms with Gasteiger partial charge in [-0.3, -0.25) is 9.36 Å². The van der Waals surface area contributed by atoms with Crippen molar-refractivity contribution >= 4 is 16.7 Å². The molecule has 1 saturated carbocycles. The van der Waals surface area contributed by atoms with Gasteiger partial charge in [0, 0.05) is 17.0 Å². The number of carbonyl (C=O) groups excluding carboxylic acids is 1. The van der Waals surface area contributed by atoms with Gasteiger partial charge in [-0.05, 0) is 55.0 Å². The van der Waals surface area contributed by atoms with Crippen molar-refractivity contribution in [2.75, 3.05) is 0 Å². The molecule has 1 unspecified atom stereocenters. The van der Waals surface area contributed by atoms with E-state index in [-0.39, 0.29) is 23.7 Å². The van der Waals surface area contributed by atoms with Crippen LogP contribution < -0.4 is 0 Å². The molecule has 0 radical (unpaired) electrons. The molecule has 2 aliphatic carbocycles. The van der Waals surface area contributed by atoms with Gasteiger partial charge in [-0.1, -0.05) is 60.2 Å². The van der Waals surface area contributed by atoms with Gasteiger partial charge in [-0.15, -0.1) is 0 Å². The fourth-order valence-corrected chi connectivity index (χ4v) is 6.09. The summed E-state index contributed by atoms with van der Waals surface area (Å²) in [6.07, 6.45) is 7.26. The van der Waals surface area contributed by atoms with Crippen LogP contribution in [-0.2, 0) is 10.8 Å². The van der Waals surface area contributed by atoms with Gasteiger partial charge in [0.25, 0.3) is 0 Å². The van der Waals surface area contributed by atoms with Gasteiger partial charge in [0.15, 0.2) is 0 Å². The van der Waals surface area contributed by atoms with E-state index in [0.29, 0.717) is 10.9 Å². The molecule has 2 aliphatic rings. The minimum Gasteiger partial charge on any atom is -0.279 e. The highest BCUT2D eigenvalue weighted by Gasteiger charge is 2.49. The van der Waals surface area contributed by atoms with E-state index in [2.05, 4.69) is 24.3 Å². The normalized spacial score (nSPS) is 26.0. The first-order valence-corrected chi connectivity index (χ1v) is 11.2. The predicted molar refractivity (Wildman–Crippen MR) is 114 cm³/mol. The van der Waals surface area contributed by atoms with Crippen LogP contribution in [0.15, 0.2) is 95.0 Å². The van der Waals surface area contributed by atoms with Gasteiger partial charge >= 0.3 is 0 Å². The summed E-state index contributed by atoms with van der Waals surface area (Å²) >= 11 is 0. The summed E-state index contributed by atoms with van der Waals surface area (Å²) in [6.45, 7) is 2.01. The summed E-state index contributed by atoms with van der Waals surface area (Å²) in [5, 5.41) is 0.553. The molecule has 1 aromatic heterocycles. The van der Waals surface area contributed by atoms with Crippen molar-refractivity contribution in [1.29, 1.82) is 0 Å². The molecule has 0 saturated heterocycles. The quantitative estimate of drug-likeness (QED) is 0.563. The Labute approximate surface area is 173 Å². The maximum Gasteiger partial charge on any atom is 0.235 e. The van der Waals surface area contributed by atoms with E-state index in [0.717, 1.165) is 16.9 Å². The van der Waals surface area contributed by atoms with E-state index >= 15 is 0 Å². The fourth-order valence-electron chi connectivity index (χ4n) is 4.93. The van der Waals surface area contributed by atoms with Crippen LogP contribution in [0.2, 0.25) is 0 Å². The van der Waals surface area contributed by atoms with Crippen LogP contribution in [0.4, 0.5) is 0 Å². The molecule has 0 amide bonds. The lowest BCUT2D eigenvalue weighted by atomic mass is 9.78. The van der Waals surface area contributed by atoms with Crippen molar-refractivity contribution in [3.63, 3.8) is 0 Å². The Morgan fingerprint density at radius 2 is 1.66 bits per heavy atom. The van der Waals surface area contributed by atoms with Crippen LogP contribution in [0, 0.1) is 24.7 Å².